The zero-order valence-electron chi connectivity index (χ0n) is 10.7. The second-order valence-corrected chi connectivity index (χ2v) is 4.14. The van der Waals surface area contributed by atoms with Crippen molar-refractivity contribution in [1.29, 1.82) is 0 Å². The van der Waals surface area contributed by atoms with Crippen LogP contribution in [0.2, 0.25) is 0 Å². The van der Waals surface area contributed by atoms with Crippen LogP contribution in [0.5, 0.6) is 5.75 Å². The summed E-state index contributed by atoms with van der Waals surface area (Å²) in [6.07, 6.45) is 0.695. The third-order valence-corrected chi connectivity index (χ3v) is 2.94. The van der Waals surface area contributed by atoms with Gasteiger partial charge >= 0.3 is 0 Å². The normalized spacial score (nSPS) is 12.5. The van der Waals surface area contributed by atoms with Crippen molar-refractivity contribution in [2.45, 2.75) is 19.4 Å². The second-order valence-electron chi connectivity index (χ2n) is 4.14. The number of hydrogen-bond donors (Lipinski definition) is 1. The summed E-state index contributed by atoms with van der Waals surface area (Å²) in [6, 6.07) is 4.59. The molecule has 0 saturated carbocycles. The van der Waals surface area contributed by atoms with Crippen molar-refractivity contribution >= 4 is 0 Å². The Morgan fingerprint density at radius 3 is 2.37 bits per heavy atom. The third-order valence-electron chi connectivity index (χ3n) is 2.94. The van der Waals surface area contributed by atoms with Crippen molar-refractivity contribution in [3.8, 4) is 5.75 Å². The number of halogens is 2. The van der Waals surface area contributed by atoms with Crippen LogP contribution in [-0.2, 0) is 6.42 Å². The molecular formula is C14H15F2NO2. The number of ether oxygens (including phenoxy) is 1. The lowest BCUT2D eigenvalue weighted by Crippen LogP contribution is -2.15. The molecule has 2 aromatic rings. The first-order chi connectivity index (χ1) is 9.06. The van der Waals surface area contributed by atoms with Gasteiger partial charge < -0.3 is 14.9 Å². The maximum Gasteiger partial charge on any atom is 0.135 e. The maximum absolute atomic E-state index is 13.9. The molecule has 1 heterocycles. The Morgan fingerprint density at radius 1 is 1.26 bits per heavy atom. The molecule has 1 aromatic heterocycles. The Morgan fingerprint density at radius 2 is 1.89 bits per heavy atom. The van der Waals surface area contributed by atoms with Crippen molar-refractivity contribution in [1.82, 2.24) is 0 Å². The van der Waals surface area contributed by atoms with Crippen LogP contribution in [0.25, 0.3) is 0 Å². The van der Waals surface area contributed by atoms with Crippen LogP contribution in [0.4, 0.5) is 8.78 Å². The van der Waals surface area contributed by atoms with Crippen LogP contribution in [-0.4, -0.2) is 7.11 Å². The molecule has 0 aliphatic heterocycles. The molecule has 5 heteroatoms. The predicted octanol–water partition coefficient (Wildman–Crippen LogP) is 3.18. The molecule has 0 saturated heterocycles. The topological polar surface area (TPSA) is 48.4 Å². The van der Waals surface area contributed by atoms with E-state index >= 15 is 0 Å². The highest BCUT2D eigenvalue weighted by Gasteiger charge is 2.22. The van der Waals surface area contributed by atoms with E-state index in [1.165, 1.54) is 7.11 Å². The molecule has 0 aliphatic carbocycles. The summed E-state index contributed by atoms with van der Waals surface area (Å²) < 4.78 is 38.0. The Kier molecular flexibility index (Phi) is 3.85. The summed E-state index contributed by atoms with van der Waals surface area (Å²) in [5, 5.41) is 0. The molecule has 0 aliphatic rings. The molecule has 2 N–H and O–H groups in total. The Labute approximate surface area is 110 Å². The standard InChI is InChI=1S/C14H15F2NO2/c1-3-8-4-5-12(19-8)14(17)13-10(15)6-9(18-2)7-11(13)16/h4-7,14H,3,17H2,1-2H3. The lowest BCUT2D eigenvalue weighted by Gasteiger charge is -2.13. The van der Waals surface area contributed by atoms with E-state index in [1.54, 1.807) is 12.1 Å². The second kappa shape index (κ2) is 5.40. The van der Waals surface area contributed by atoms with Crippen LogP contribution >= 0.6 is 0 Å². The van der Waals surface area contributed by atoms with E-state index in [1.807, 2.05) is 6.92 Å². The van der Waals surface area contributed by atoms with Gasteiger partial charge in [0.25, 0.3) is 0 Å². The van der Waals surface area contributed by atoms with Crippen molar-refractivity contribution in [2.24, 2.45) is 5.73 Å². The number of nitrogens with two attached hydrogens (primary N) is 1. The lowest BCUT2D eigenvalue weighted by molar-refractivity contribution is 0.401. The summed E-state index contributed by atoms with van der Waals surface area (Å²) in [4.78, 5) is 0. The van der Waals surface area contributed by atoms with Crippen molar-refractivity contribution in [3.63, 3.8) is 0 Å². The number of furan rings is 1. The van der Waals surface area contributed by atoms with Crippen LogP contribution in [0.15, 0.2) is 28.7 Å². The summed E-state index contributed by atoms with van der Waals surface area (Å²) in [7, 11) is 1.34. The number of methoxy groups -OCH3 is 1. The van der Waals surface area contributed by atoms with Gasteiger partial charge in [-0.15, -0.1) is 0 Å². The zero-order chi connectivity index (χ0) is 14.0. The highest BCUT2D eigenvalue weighted by molar-refractivity contribution is 5.35. The van der Waals surface area contributed by atoms with Gasteiger partial charge in [-0.1, -0.05) is 6.92 Å². The molecule has 0 fully saturated rings. The highest BCUT2D eigenvalue weighted by Crippen LogP contribution is 2.29. The first-order valence-corrected chi connectivity index (χ1v) is 5.94. The monoisotopic (exact) mass is 267 g/mol. The van der Waals surface area contributed by atoms with Gasteiger partial charge in [-0.25, -0.2) is 8.78 Å². The van der Waals surface area contributed by atoms with Crippen LogP contribution in [0.1, 0.15) is 30.0 Å². The summed E-state index contributed by atoms with van der Waals surface area (Å²) in [5.74, 6) is -0.336. The summed E-state index contributed by atoms with van der Waals surface area (Å²) in [5.41, 5.74) is 5.64. The number of benzene rings is 1. The molecule has 1 aromatic carbocycles. The Bertz CT molecular complexity index is 558. The van der Waals surface area contributed by atoms with Crippen molar-refractivity contribution < 1.29 is 17.9 Å². The van der Waals surface area contributed by atoms with E-state index in [0.29, 0.717) is 12.2 Å². The third kappa shape index (κ3) is 2.61. The van der Waals surface area contributed by atoms with Gasteiger partial charge in [0.1, 0.15) is 28.9 Å². The smallest absolute Gasteiger partial charge is 0.135 e. The van der Waals surface area contributed by atoms with E-state index in [-0.39, 0.29) is 11.3 Å². The highest BCUT2D eigenvalue weighted by atomic mass is 19.1. The van der Waals surface area contributed by atoms with Crippen molar-refractivity contribution in [3.05, 3.63) is 53.0 Å². The van der Waals surface area contributed by atoms with Gasteiger partial charge in [0.2, 0.25) is 0 Å². The van der Waals surface area contributed by atoms with Gasteiger partial charge in [-0.2, -0.15) is 0 Å². The molecule has 0 bridgehead atoms. The van der Waals surface area contributed by atoms with Crippen LogP contribution in [0, 0.1) is 11.6 Å². The summed E-state index contributed by atoms with van der Waals surface area (Å²) >= 11 is 0. The molecule has 19 heavy (non-hydrogen) atoms. The maximum atomic E-state index is 13.9. The van der Waals surface area contributed by atoms with E-state index in [4.69, 9.17) is 14.9 Å². The molecule has 102 valence electrons. The minimum absolute atomic E-state index is 0.111. The number of hydrogen-bond acceptors (Lipinski definition) is 3. The minimum Gasteiger partial charge on any atom is -0.497 e. The van der Waals surface area contributed by atoms with E-state index in [2.05, 4.69) is 0 Å². The molecule has 0 spiro atoms. The largest absolute Gasteiger partial charge is 0.497 e. The van der Waals surface area contributed by atoms with Crippen LogP contribution in [0.3, 0.4) is 0 Å². The number of aryl methyl sites for hydroxylation is 1. The SMILES string of the molecule is CCc1ccc(C(N)c2c(F)cc(OC)cc2F)o1. The Balaban J connectivity index is 2.40. The van der Waals surface area contributed by atoms with Crippen LogP contribution < -0.4 is 10.5 Å². The fourth-order valence-electron chi connectivity index (χ4n) is 1.87. The average Bonchev–Trinajstić information content (AvgIpc) is 2.86. The fourth-order valence-corrected chi connectivity index (χ4v) is 1.87. The van der Waals surface area contributed by atoms with E-state index in [0.717, 1.165) is 17.9 Å². The molecule has 0 amide bonds. The van der Waals surface area contributed by atoms with E-state index in [9.17, 15) is 8.78 Å². The van der Waals surface area contributed by atoms with Gasteiger partial charge in [-0.05, 0) is 12.1 Å². The van der Waals surface area contributed by atoms with Crippen molar-refractivity contribution in [2.75, 3.05) is 7.11 Å². The zero-order valence-corrected chi connectivity index (χ0v) is 10.7. The molecule has 2 rings (SSSR count). The van der Waals surface area contributed by atoms with Gasteiger partial charge in [0.05, 0.1) is 13.2 Å². The van der Waals surface area contributed by atoms with Gasteiger partial charge in [0.15, 0.2) is 0 Å². The first-order valence-electron chi connectivity index (χ1n) is 5.94. The predicted molar refractivity (Wildman–Crippen MR) is 67.0 cm³/mol. The summed E-state index contributed by atoms with van der Waals surface area (Å²) in [6.45, 7) is 1.92. The minimum atomic E-state index is -0.980. The van der Waals surface area contributed by atoms with E-state index < -0.39 is 17.7 Å². The molecule has 1 unspecified atom stereocenters. The molecular weight excluding hydrogens is 252 g/mol. The quantitative estimate of drug-likeness (QED) is 0.925. The van der Waals surface area contributed by atoms with Gasteiger partial charge in [-0.3, -0.25) is 0 Å². The Hall–Kier alpha value is -1.88. The first kappa shape index (κ1) is 13.5. The molecule has 0 radical (unpaired) electrons. The van der Waals surface area contributed by atoms with Gasteiger partial charge in [0, 0.05) is 24.1 Å². The fraction of sp³-hybridized carbons (Fsp3) is 0.286. The average molecular weight is 267 g/mol. The lowest BCUT2D eigenvalue weighted by atomic mass is 10.0. The molecule has 1 atom stereocenters. The number of rotatable bonds is 4. The molecule has 3 nitrogen and oxygen atoms in total.